The summed E-state index contributed by atoms with van der Waals surface area (Å²) in [7, 11) is 0. The molecule has 0 aliphatic carbocycles. The van der Waals surface area contributed by atoms with Gasteiger partial charge in [-0.15, -0.1) is 0 Å². The zero-order valence-corrected chi connectivity index (χ0v) is 13.0. The monoisotopic (exact) mass is 311 g/mol. The molecule has 0 saturated heterocycles. The molecule has 0 spiro atoms. The van der Waals surface area contributed by atoms with E-state index in [1.165, 1.54) is 4.90 Å². The molecule has 23 heavy (non-hydrogen) atoms. The van der Waals surface area contributed by atoms with Gasteiger partial charge in [0, 0.05) is 13.0 Å². The molecule has 0 saturated carbocycles. The molecule has 120 valence electrons. The van der Waals surface area contributed by atoms with Crippen LogP contribution in [-0.4, -0.2) is 35.0 Å². The van der Waals surface area contributed by atoms with E-state index in [1.807, 2.05) is 60.7 Å². The Morgan fingerprint density at radius 2 is 1.35 bits per heavy atom. The van der Waals surface area contributed by atoms with Crippen LogP contribution >= 0.6 is 0 Å². The molecular formula is C19H21NO3. The van der Waals surface area contributed by atoms with Crippen LogP contribution in [0.5, 0.6) is 0 Å². The third-order valence-corrected chi connectivity index (χ3v) is 3.66. The number of aliphatic carboxylic acids is 1. The number of benzene rings is 2. The van der Waals surface area contributed by atoms with Crippen LogP contribution in [0.1, 0.15) is 17.5 Å². The number of rotatable bonds is 8. The first kappa shape index (κ1) is 16.7. The van der Waals surface area contributed by atoms with Crippen LogP contribution in [0.2, 0.25) is 0 Å². The predicted molar refractivity (Wildman–Crippen MR) is 89.1 cm³/mol. The second-order valence-corrected chi connectivity index (χ2v) is 5.43. The van der Waals surface area contributed by atoms with Gasteiger partial charge >= 0.3 is 5.97 Å². The summed E-state index contributed by atoms with van der Waals surface area (Å²) < 4.78 is 0. The maximum absolute atomic E-state index is 12.3. The van der Waals surface area contributed by atoms with Crippen molar-refractivity contribution in [3.8, 4) is 0 Å². The highest BCUT2D eigenvalue weighted by Crippen LogP contribution is 2.07. The molecule has 2 rings (SSSR count). The fourth-order valence-electron chi connectivity index (χ4n) is 2.42. The van der Waals surface area contributed by atoms with E-state index >= 15 is 0 Å². The summed E-state index contributed by atoms with van der Waals surface area (Å²) in [5, 5.41) is 9.02. The number of carbonyl (C=O) groups excluding carboxylic acids is 1. The predicted octanol–water partition coefficient (Wildman–Crippen LogP) is 2.78. The summed E-state index contributed by atoms with van der Waals surface area (Å²) in [6.07, 6.45) is 1.61. The van der Waals surface area contributed by atoms with Gasteiger partial charge in [0.25, 0.3) is 0 Å². The highest BCUT2D eigenvalue weighted by Gasteiger charge is 2.16. The van der Waals surface area contributed by atoms with E-state index in [1.54, 1.807) is 0 Å². The molecule has 1 amide bonds. The van der Waals surface area contributed by atoms with Gasteiger partial charge in [0.2, 0.25) is 5.91 Å². The summed E-state index contributed by atoms with van der Waals surface area (Å²) in [6, 6.07) is 19.5. The lowest BCUT2D eigenvalue weighted by atomic mass is 10.1. The van der Waals surface area contributed by atoms with Crippen LogP contribution in [0.4, 0.5) is 0 Å². The largest absolute Gasteiger partial charge is 0.480 e. The zero-order valence-electron chi connectivity index (χ0n) is 13.0. The quantitative estimate of drug-likeness (QED) is 0.815. The molecule has 0 aliphatic heterocycles. The van der Waals surface area contributed by atoms with E-state index < -0.39 is 5.97 Å². The fourth-order valence-corrected chi connectivity index (χ4v) is 2.42. The lowest BCUT2D eigenvalue weighted by Crippen LogP contribution is -2.37. The Morgan fingerprint density at radius 1 is 0.826 bits per heavy atom. The van der Waals surface area contributed by atoms with Gasteiger partial charge in [-0.05, 0) is 24.0 Å². The van der Waals surface area contributed by atoms with Crippen molar-refractivity contribution in [2.75, 3.05) is 13.1 Å². The Kier molecular flexibility index (Phi) is 6.36. The van der Waals surface area contributed by atoms with Crippen molar-refractivity contribution in [1.29, 1.82) is 0 Å². The second-order valence-electron chi connectivity index (χ2n) is 5.43. The van der Waals surface area contributed by atoms with Gasteiger partial charge in [0.1, 0.15) is 6.54 Å². The molecular weight excluding hydrogens is 290 g/mol. The third-order valence-electron chi connectivity index (χ3n) is 3.66. The van der Waals surface area contributed by atoms with E-state index in [9.17, 15) is 9.59 Å². The van der Waals surface area contributed by atoms with Crippen molar-refractivity contribution in [1.82, 2.24) is 4.90 Å². The van der Waals surface area contributed by atoms with Gasteiger partial charge in [-0.1, -0.05) is 60.7 Å². The molecule has 1 N–H and O–H groups in total. The molecule has 4 heteroatoms. The Morgan fingerprint density at radius 3 is 1.87 bits per heavy atom. The van der Waals surface area contributed by atoms with Crippen molar-refractivity contribution < 1.29 is 14.7 Å². The summed E-state index contributed by atoms with van der Waals surface area (Å²) in [5.74, 6) is -1.10. The Labute approximate surface area is 136 Å². The molecule has 0 radical (unpaired) electrons. The molecule has 0 fully saturated rings. The Balaban J connectivity index is 1.91. The number of nitrogens with zero attached hydrogens (tertiary/aromatic N) is 1. The van der Waals surface area contributed by atoms with Crippen molar-refractivity contribution in [2.45, 2.75) is 19.3 Å². The molecule has 0 atom stereocenters. The first-order chi connectivity index (χ1) is 11.1. The van der Waals surface area contributed by atoms with E-state index in [2.05, 4.69) is 0 Å². The molecule has 0 bridgehead atoms. The summed E-state index contributed by atoms with van der Waals surface area (Å²) >= 11 is 0. The zero-order chi connectivity index (χ0) is 16.5. The van der Waals surface area contributed by atoms with Gasteiger partial charge in [-0.25, -0.2) is 0 Å². The van der Waals surface area contributed by atoms with Crippen LogP contribution in [-0.2, 0) is 22.4 Å². The minimum absolute atomic E-state index is 0.118. The minimum atomic E-state index is -0.980. The van der Waals surface area contributed by atoms with Crippen molar-refractivity contribution in [3.05, 3.63) is 71.8 Å². The van der Waals surface area contributed by atoms with Gasteiger partial charge in [-0.3, -0.25) is 9.59 Å². The SMILES string of the molecule is O=C(O)CN(CCc1ccccc1)C(=O)CCc1ccccc1. The highest BCUT2D eigenvalue weighted by molar-refractivity contribution is 5.81. The summed E-state index contributed by atoms with van der Waals surface area (Å²) in [4.78, 5) is 24.8. The first-order valence-electron chi connectivity index (χ1n) is 7.72. The number of hydrogen-bond donors (Lipinski definition) is 1. The average Bonchev–Trinajstić information content (AvgIpc) is 2.58. The lowest BCUT2D eigenvalue weighted by Gasteiger charge is -2.21. The van der Waals surface area contributed by atoms with Crippen LogP contribution in [0.15, 0.2) is 60.7 Å². The molecule has 0 unspecified atom stereocenters. The van der Waals surface area contributed by atoms with Crippen LogP contribution in [0.3, 0.4) is 0 Å². The number of carbonyl (C=O) groups is 2. The fraction of sp³-hybridized carbons (Fsp3) is 0.263. The third kappa shape index (κ3) is 5.94. The normalized spacial score (nSPS) is 10.3. The molecule has 2 aromatic rings. The number of amides is 1. The van der Waals surface area contributed by atoms with E-state index in [0.29, 0.717) is 25.8 Å². The number of hydrogen-bond acceptors (Lipinski definition) is 2. The molecule has 0 heterocycles. The van der Waals surface area contributed by atoms with E-state index in [0.717, 1.165) is 11.1 Å². The van der Waals surface area contributed by atoms with Crippen molar-refractivity contribution in [3.63, 3.8) is 0 Å². The maximum atomic E-state index is 12.3. The van der Waals surface area contributed by atoms with E-state index in [-0.39, 0.29) is 12.5 Å². The lowest BCUT2D eigenvalue weighted by molar-refractivity contribution is -0.144. The van der Waals surface area contributed by atoms with Crippen LogP contribution < -0.4 is 0 Å². The van der Waals surface area contributed by atoms with Crippen molar-refractivity contribution >= 4 is 11.9 Å². The Bertz CT molecular complexity index is 626. The molecule has 2 aromatic carbocycles. The number of carboxylic acid groups (broad SMARTS) is 1. The molecule has 0 aliphatic rings. The Hall–Kier alpha value is -2.62. The highest BCUT2D eigenvalue weighted by atomic mass is 16.4. The molecule has 4 nitrogen and oxygen atoms in total. The molecule has 0 aromatic heterocycles. The van der Waals surface area contributed by atoms with Crippen LogP contribution in [0.25, 0.3) is 0 Å². The van der Waals surface area contributed by atoms with Gasteiger partial charge in [0.15, 0.2) is 0 Å². The van der Waals surface area contributed by atoms with Crippen LogP contribution in [0, 0.1) is 0 Å². The van der Waals surface area contributed by atoms with Gasteiger partial charge in [0.05, 0.1) is 0 Å². The maximum Gasteiger partial charge on any atom is 0.323 e. The number of aryl methyl sites for hydroxylation is 1. The standard InChI is InChI=1S/C19H21NO3/c21-18(12-11-16-7-3-1-4-8-16)20(15-19(22)23)14-13-17-9-5-2-6-10-17/h1-10H,11-15H2,(H,22,23). The summed E-state index contributed by atoms with van der Waals surface area (Å²) in [6.45, 7) is 0.171. The smallest absolute Gasteiger partial charge is 0.323 e. The van der Waals surface area contributed by atoms with Gasteiger partial charge in [-0.2, -0.15) is 0 Å². The second kappa shape index (κ2) is 8.73. The minimum Gasteiger partial charge on any atom is -0.480 e. The summed E-state index contributed by atoms with van der Waals surface area (Å²) in [5.41, 5.74) is 2.18. The first-order valence-corrected chi connectivity index (χ1v) is 7.72. The van der Waals surface area contributed by atoms with Crippen molar-refractivity contribution in [2.24, 2.45) is 0 Å². The topological polar surface area (TPSA) is 57.6 Å². The number of carboxylic acids is 1. The average molecular weight is 311 g/mol. The van der Waals surface area contributed by atoms with E-state index in [4.69, 9.17) is 5.11 Å². The van der Waals surface area contributed by atoms with Gasteiger partial charge < -0.3 is 10.0 Å².